The second kappa shape index (κ2) is 3.63. The lowest BCUT2D eigenvalue weighted by atomic mass is 10.3. The molecule has 6 heteroatoms. The minimum Gasteiger partial charge on any atom is -0.323 e. The molecule has 1 unspecified atom stereocenters. The average molecular weight is 206 g/mol. The van der Waals surface area contributed by atoms with Crippen molar-refractivity contribution in [2.24, 2.45) is 0 Å². The second-order valence-electron chi connectivity index (χ2n) is 3.19. The molecule has 0 aromatic rings. The third kappa shape index (κ3) is 2.41. The SMILES string of the molecule is CC(N1CCNCC1=O)S(C)(=O)=O. The number of nitrogens with one attached hydrogen (secondary N) is 1. The van der Waals surface area contributed by atoms with E-state index in [1.165, 1.54) is 4.90 Å². The van der Waals surface area contributed by atoms with Crippen LogP contribution in [0.5, 0.6) is 0 Å². The van der Waals surface area contributed by atoms with E-state index in [-0.39, 0.29) is 12.5 Å². The predicted octanol–water partition coefficient (Wildman–Crippen LogP) is -1.19. The van der Waals surface area contributed by atoms with E-state index in [1.54, 1.807) is 6.92 Å². The van der Waals surface area contributed by atoms with Crippen LogP contribution in [0.4, 0.5) is 0 Å². The Bertz CT molecular complexity index is 299. The van der Waals surface area contributed by atoms with Gasteiger partial charge in [0.2, 0.25) is 5.91 Å². The van der Waals surface area contributed by atoms with Crippen LogP contribution in [-0.2, 0) is 14.6 Å². The van der Waals surface area contributed by atoms with Crippen molar-refractivity contribution in [3.8, 4) is 0 Å². The number of nitrogens with zero attached hydrogens (tertiary/aromatic N) is 1. The molecule has 0 saturated carbocycles. The van der Waals surface area contributed by atoms with E-state index in [1.807, 2.05) is 0 Å². The van der Waals surface area contributed by atoms with Crippen LogP contribution in [0.25, 0.3) is 0 Å². The van der Waals surface area contributed by atoms with Crippen molar-refractivity contribution < 1.29 is 13.2 Å². The first-order valence-electron chi connectivity index (χ1n) is 4.12. The van der Waals surface area contributed by atoms with Crippen molar-refractivity contribution >= 4 is 15.7 Å². The lowest BCUT2D eigenvalue weighted by molar-refractivity contribution is -0.132. The van der Waals surface area contributed by atoms with Crippen molar-refractivity contribution in [3.05, 3.63) is 0 Å². The summed E-state index contributed by atoms with van der Waals surface area (Å²) in [7, 11) is -3.16. The number of carbonyl (C=O) groups is 1. The number of piperazine rings is 1. The molecule has 1 saturated heterocycles. The Hall–Kier alpha value is -0.620. The summed E-state index contributed by atoms with van der Waals surface area (Å²) < 4.78 is 22.3. The highest BCUT2D eigenvalue weighted by Gasteiger charge is 2.28. The largest absolute Gasteiger partial charge is 0.323 e. The smallest absolute Gasteiger partial charge is 0.237 e. The zero-order valence-corrected chi connectivity index (χ0v) is 8.60. The Balaban J connectivity index is 2.76. The molecule has 0 aliphatic carbocycles. The summed E-state index contributed by atoms with van der Waals surface area (Å²) in [5.74, 6) is -0.149. The molecule has 1 N–H and O–H groups in total. The number of carbonyl (C=O) groups excluding carboxylic acids is 1. The summed E-state index contributed by atoms with van der Waals surface area (Å²) in [6, 6.07) is 0. The fraction of sp³-hybridized carbons (Fsp3) is 0.857. The van der Waals surface area contributed by atoms with Gasteiger partial charge in [-0.25, -0.2) is 8.42 Å². The van der Waals surface area contributed by atoms with Crippen LogP contribution >= 0.6 is 0 Å². The quantitative estimate of drug-likeness (QED) is 0.617. The van der Waals surface area contributed by atoms with E-state index < -0.39 is 15.2 Å². The standard InChI is InChI=1S/C7H14N2O3S/c1-6(13(2,11)12)9-4-3-8-5-7(9)10/h6,8H,3-5H2,1-2H3. The summed E-state index contributed by atoms with van der Waals surface area (Å²) in [5.41, 5.74) is 0. The molecule has 76 valence electrons. The molecule has 1 aliphatic rings. The van der Waals surface area contributed by atoms with Crippen molar-refractivity contribution in [1.82, 2.24) is 10.2 Å². The van der Waals surface area contributed by atoms with Gasteiger partial charge in [-0.1, -0.05) is 0 Å². The van der Waals surface area contributed by atoms with Crippen LogP contribution in [0, 0.1) is 0 Å². The molecule has 5 nitrogen and oxygen atoms in total. The molecule has 1 rings (SSSR count). The minimum atomic E-state index is -3.16. The van der Waals surface area contributed by atoms with Gasteiger partial charge in [0, 0.05) is 19.3 Å². The second-order valence-corrected chi connectivity index (χ2v) is 5.53. The van der Waals surface area contributed by atoms with Gasteiger partial charge in [0.1, 0.15) is 5.37 Å². The van der Waals surface area contributed by atoms with Crippen molar-refractivity contribution in [2.75, 3.05) is 25.9 Å². The number of hydrogen-bond donors (Lipinski definition) is 1. The van der Waals surface area contributed by atoms with Gasteiger partial charge in [-0.05, 0) is 6.92 Å². The first kappa shape index (κ1) is 10.5. The van der Waals surface area contributed by atoms with E-state index in [2.05, 4.69) is 5.32 Å². The van der Waals surface area contributed by atoms with Crippen LogP contribution in [0.15, 0.2) is 0 Å². The molecule has 1 aliphatic heterocycles. The maximum Gasteiger partial charge on any atom is 0.237 e. The molecule has 1 atom stereocenters. The molecular formula is C7H14N2O3S. The van der Waals surface area contributed by atoms with Crippen molar-refractivity contribution in [3.63, 3.8) is 0 Å². The van der Waals surface area contributed by atoms with Gasteiger partial charge in [0.25, 0.3) is 0 Å². The maximum atomic E-state index is 11.3. The monoisotopic (exact) mass is 206 g/mol. The fourth-order valence-corrected chi connectivity index (χ4v) is 1.92. The summed E-state index contributed by atoms with van der Waals surface area (Å²) in [4.78, 5) is 12.7. The van der Waals surface area contributed by atoms with Gasteiger partial charge in [-0.15, -0.1) is 0 Å². The van der Waals surface area contributed by atoms with Crippen LogP contribution < -0.4 is 5.32 Å². The number of sulfone groups is 1. The Labute approximate surface area is 78.0 Å². The lowest BCUT2D eigenvalue weighted by Gasteiger charge is -2.31. The topological polar surface area (TPSA) is 66.5 Å². The van der Waals surface area contributed by atoms with E-state index in [0.717, 1.165) is 6.26 Å². The summed E-state index contributed by atoms with van der Waals surface area (Å²) in [5, 5.41) is 2.18. The zero-order chi connectivity index (χ0) is 10.1. The lowest BCUT2D eigenvalue weighted by Crippen LogP contribution is -2.53. The molecule has 1 fully saturated rings. The number of amides is 1. The van der Waals surface area contributed by atoms with E-state index in [9.17, 15) is 13.2 Å². The van der Waals surface area contributed by atoms with E-state index in [0.29, 0.717) is 13.1 Å². The molecule has 13 heavy (non-hydrogen) atoms. The van der Waals surface area contributed by atoms with Crippen LogP contribution in [0.3, 0.4) is 0 Å². The van der Waals surface area contributed by atoms with Crippen LogP contribution in [0.2, 0.25) is 0 Å². The van der Waals surface area contributed by atoms with E-state index in [4.69, 9.17) is 0 Å². The first-order valence-corrected chi connectivity index (χ1v) is 6.07. The number of hydrogen-bond acceptors (Lipinski definition) is 4. The van der Waals surface area contributed by atoms with Gasteiger partial charge in [0.15, 0.2) is 9.84 Å². The molecule has 0 aromatic heterocycles. The highest BCUT2D eigenvalue weighted by atomic mass is 32.2. The Kier molecular flexibility index (Phi) is 2.92. The first-order chi connectivity index (χ1) is 5.93. The zero-order valence-electron chi connectivity index (χ0n) is 7.78. The predicted molar refractivity (Wildman–Crippen MR) is 48.9 cm³/mol. The fourth-order valence-electron chi connectivity index (χ4n) is 1.24. The van der Waals surface area contributed by atoms with Crippen LogP contribution in [0.1, 0.15) is 6.92 Å². The number of rotatable bonds is 2. The van der Waals surface area contributed by atoms with Gasteiger partial charge in [-0.2, -0.15) is 0 Å². The van der Waals surface area contributed by atoms with Crippen molar-refractivity contribution in [2.45, 2.75) is 12.3 Å². The summed E-state index contributed by atoms with van der Waals surface area (Å²) in [6.45, 7) is 2.90. The highest BCUT2D eigenvalue weighted by Crippen LogP contribution is 2.07. The average Bonchev–Trinajstić information content (AvgIpc) is 2.02. The van der Waals surface area contributed by atoms with E-state index >= 15 is 0 Å². The minimum absolute atomic E-state index is 0.149. The van der Waals surface area contributed by atoms with Crippen LogP contribution in [-0.4, -0.2) is 50.5 Å². The molecule has 0 aromatic carbocycles. The molecule has 0 spiro atoms. The third-order valence-corrected chi connectivity index (χ3v) is 3.68. The molecular weight excluding hydrogens is 192 g/mol. The van der Waals surface area contributed by atoms with Gasteiger partial charge in [-0.3, -0.25) is 4.79 Å². The summed E-state index contributed by atoms with van der Waals surface area (Å²) in [6.07, 6.45) is 1.15. The van der Waals surface area contributed by atoms with Gasteiger partial charge >= 0.3 is 0 Å². The normalized spacial score (nSPS) is 21.7. The maximum absolute atomic E-state index is 11.3. The summed E-state index contributed by atoms with van der Waals surface area (Å²) >= 11 is 0. The van der Waals surface area contributed by atoms with Gasteiger partial charge in [0.05, 0.1) is 6.54 Å². The highest BCUT2D eigenvalue weighted by molar-refractivity contribution is 7.91. The Morgan fingerprint density at radius 1 is 1.54 bits per heavy atom. The third-order valence-electron chi connectivity index (χ3n) is 2.18. The molecule has 1 amide bonds. The molecule has 0 radical (unpaired) electrons. The van der Waals surface area contributed by atoms with Gasteiger partial charge < -0.3 is 10.2 Å². The molecule has 1 heterocycles. The molecule has 0 bridgehead atoms. The Morgan fingerprint density at radius 3 is 2.62 bits per heavy atom. The Morgan fingerprint density at radius 2 is 2.15 bits per heavy atom. The van der Waals surface area contributed by atoms with Crippen molar-refractivity contribution in [1.29, 1.82) is 0 Å².